The van der Waals surface area contributed by atoms with Crippen LogP contribution in [-0.2, 0) is 0 Å². The van der Waals surface area contributed by atoms with Crippen LogP contribution in [0.5, 0.6) is 0 Å². The third-order valence-corrected chi connectivity index (χ3v) is 4.40. The SMILES string of the molecule is Cc1cc(C)cc(-c2nc(C3=CCCC=C3)nc(-c3ccccc3)n2)c1. The summed E-state index contributed by atoms with van der Waals surface area (Å²) in [6.45, 7) is 4.20. The first-order valence-electron chi connectivity index (χ1n) is 8.96. The van der Waals surface area contributed by atoms with Crippen LogP contribution in [0.1, 0.15) is 29.8 Å². The molecule has 0 saturated heterocycles. The smallest absolute Gasteiger partial charge is 0.164 e. The Morgan fingerprint density at radius 3 is 2.00 bits per heavy atom. The van der Waals surface area contributed by atoms with Crippen molar-refractivity contribution >= 4 is 5.57 Å². The highest BCUT2D eigenvalue weighted by atomic mass is 15.0. The lowest BCUT2D eigenvalue weighted by Crippen LogP contribution is -2.03. The molecule has 3 heteroatoms. The molecule has 2 aromatic carbocycles. The second kappa shape index (κ2) is 7.04. The third-order valence-electron chi connectivity index (χ3n) is 4.40. The number of hydrogen-bond donors (Lipinski definition) is 0. The molecular formula is C23H21N3. The Labute approximate surface area is 154 Å². The molecule has 0 bridgehead atoms. The molecule has 1 aliphatic rings. The van der Waals surface area contributed by atoms with Gasteiger partial charge in [0.15, 0.2) is 17.5 Å². The second-order valence-corrected chi connectivity index (χ2v) is 6.69. The van der Waals surface area contributed by atoms with Crippen LogP contribution in [-0.4, -0.2) is 15.0 Å². The number of aryl methyl sites for hydroxylation is 2. The van der Waals surface area contributed by atoms with Crippen molar-refractivity contribution in [2.24, 2.45) is 0 Å². The summed E-state index contributed by atoms with van der Waals surface area (Å²) in [4.78, 5) is 14.3. The predicted molar refractivity (Wildman–Crippen MR) is 107 cm³/mol. The minimum absolute atomic E-state index is 0.713. The van der Waals surface area contributed by atoms with Crippen LogP contribution in [0.25, 0.3) is 28.3 Å². The molecule has 0 amide bonds. The van der Waals surface area contributed by atoms with E-state index in [4.69, 9.17) is 15.0 Å². The summed E-state index contributed by atoms with van der Waals surface area (Å²) in [7, 11) is 0. The van der Waals surface area contributed by atoms with Gasteiger partial charge in [0, 0.05) is 16.7 Å². The topological polar surface area (TPSA) is 38.7 Å². The average molecular weight is 339 g/mol. The van der Waals surface area contributed by atoms with E-state index >= 15 is 0 Å². The van der Waals surface area contributed by atoms with Crippen LogP contribution in [0.4, 0.5) is 0 Å². The normalized spacial score (nSPS) is 13.5. The highest BCUT2D eigenvalue weighted by Gasteiger charge is 2.13. The van der Waals surface area contributed by atoms with Gasteiger partial charge in [-0.15, -0.1) is 0 Å². The third kappa shape index (κ3) is 3.47. The van der Waals surface area contributed by atoms with Gasteiger partial charge >= 0.3 is 0 Å². The summed E-state index contributed by atoms with van der Waals surface area (Å²) in [6.07, 6.45) is 8.59. The number of hydrogen-bond acceptors (Lipinski definition) is 3. The van der Waals surface area contributed by atoms with Crippen molar-refractivity contribution in [3.05, 3.63) is 83.7 Å². The maximum Gasteiger partial charge on any atom is 0.164 e. The Hall–Kier alpha value is -3.07. The number of benzene rings is 2. The van der Waals surface area contributed by atoms with Crippen molar-refractivity contribution in [1.29, 1.82) is 0 Å². The molecule has 0 spiro atoms. The molecule has 0 radical (unpaired) electrons. The van der Waals surface area contributed by atoms with Gasteiger partial charge in [-0.2, -0.15) is 0 Å². The van der Waals surface area contributed by atoms with Gasteiger partial charge < -0.3 is 0 Å². The summed E-state index contributed by atoms with van der Waals surface area (Å²) >= 11 is 0. The van der Waals surface area contributed by atoms with E-state index in [0.29, 0.717) is 5.82 Å². The summed E-state index contributed by atoms with van der Waals surface area (Å²) in [5.74, 6) is 2.18. The van der Waals surface area contributed by atoms with Crippen molar-refractivity contribution in [2.45, 2.75) is 26.7 Å². The van der Waals surface area contributed by atoms with Crippen LogP contribution in [0.15, 0.2) is 66.8 Å². The van der Waals surface area contributed by atoms with Crippen LogP contribution >= 0.6 is 0 Å². The first-order chi connectivity index (χ1) is 12.7. The maximum absolute atomic E-state index is 4.79. The molecule has 0 fully saturated rings. The molecule has 3 aromatic rings. The van der Waals surface area contributed by atoms with Crippen LogP contribution in [0.2, 0.25) is 0 Å². The zero-order chi connectivity index (χ0) is 17.9. The molecule has 128 valence electrons. The van der Waals surface area contributed by atoms with Gasteiger partial charge in [-0.1, -0.05) is 65.8 Å². The lowest BCUT2D eigenvalue weighted by atomic mass is 10.1. The van der Waals surface area contributed by atoms with Crippen LogP contribution in [0, 0.1) is 13.8 Å². The molecule has 1 heterocycles. The molecule has 26 heavy (non-hydrogen) atoms. The van der Waals surface area contributed by atoms with Crippen molar-refractivity contribution in [3.8, 4) is 22.8 Å². The van der Waals surface area contributed by atoms with E-state index < -0.39 is 0 Å². The Morgan fingerprint density at radius 2 is 1.35 bits per heavy atom. The lowest BCUT2D eigenvalue weighted by molar-refractivity contribution is 1.01. The Bertz CT molecular complexity index is 981. The van der Waals surface area contributed by atoms with E-state index in [1.54, 1.807) is 0 Å². The highest BCUT2D eigenvalue weighted by Crippen LogP contribution is 2.26. The van der Waals surface area contributed by atoms with Crippen molar-refractivity contribution in [2.75, 3.05) is 0 Å². The van der Waals surface area contributed by atoms with E-state index in [2.05, 4.69) is 50.3 Å². The van der Waals surface area contributed by atoms with Crippen molar-refractivity contribution in [1.82, 2.24) is 15.0 Å². The maximum atomic E-state index is 4.79. The summed E-state index contributed by atoms with van der Waals surface area (Å²) in [5.41, 5.74) is 5.52. The highest BCUT2D eigenvalue weighted by molar-refractivity contribution is 5.73. The molecule has 3 nitrogen and oxygen atoms in total. The number of allylic oxidation sites excluding steroid dienone is 4. The van der Waals surface area contributed by atoms with E-state index in [-0.39, 0.29) is 0 Å². The summed E-state index contributed by atoms with van der Waals surface area (Å²) in [6, 6.07) is 16.5. The molecule has 0 saturated carbocycles. The molecule has 1 aliphatic carbocycles. The van der Waals surface area contributed by atoms with Gasteiger partial charge in [0.1, 0.15) is 0 Å². The number of nitrogens with zero attached hydrogens (tertiary/aromatic N) is 3. The molecule has 0 atom stereocenters. The molecular weight excluding hydrogens is 318 g/mol. The number of aromatic nitrogens is 3. The van der Waals surface area contributed by atoms with Gasteiger partial charge in [0.2, 0.25) is 0 Å². The Kier molecular flexibility index (Phi) is 4.44. The molecule has 0 aliphatic heterocycles. The first-order valence-corrected chi connectivity index (χ1v) is 8.96. The van der Waals surface area contributed by atoms with E-state index in [0.717, 1.165) is 41.2 Å². The fraction of sp³-hybridized carbons (Fsp3) is 0.174. The molecule has 1 aromatic heterocycles. The summed E-state index contributed by atoms with van der Waals surface area (Å²) < 4.78 is 0. The molecule has 0 N–H and O–H groups in total. The van der Waals surface area contributed by atoms with E-state index in [1.807, 2.05) is 30.3 Å². The fourth-order valence-electron chi connectivity index (χ4n) is 3.23. The average Bonchev–Trinajstić information content (AvgIpc) is 2.68. The zero-order valence-electron chi connectivity index (χ0n) is 15.1. The lowest BCUT2D eigenvalue weighted by Gasteiger charge is -2.11. The van der Waals surface area contributed by atoms with Gasteiger partial charge in [-0.05, 0) is 38.8 Å². The van der Waals surface area contributed by atoms with Crippen LogP contribution in [0.3, 0.4) is 0 Å². The van der Waals surface area contributed by atoms with Crippen molar-refractivity contribution < 1.29 is 0 Å². The standard InChI is InChI=1S/C23H21N3/c1-16-13-17(2)15-20(14-16)23-25-21(18-9-5-3-6-10-18)24-22(26-23)19-11-7-4-8-12-19/h3,5-7,9-15H,4,8H2,1-2H3. The second-order valence-electron chi connectivity index (χ2n) is 6.69. The monoisotopic (exact) mass is 339 g/mol. The van der Waals surface area contributed by atoms with E-state index in [9.17, 15) is 0 Å². The van der Waals surface area contributed by atoms with Gasteiger partial charge in [-0.3, -0.25) is 0 Å². The minimum Gasteiger partial charge on any atom is -0.208 e. The largest absolute Gasteiger partial charge is 0.208 e. The predicted octanol–water partition coefficient (Wildman–Crippen LogP) is 5.56. The van der Waals surface area contributed by atoms with E-state index in [1.165, 1.54) is 11.1 Å². The van der Waals surface area contributed by atoms with Gasteiger partial charge in [-0.25, -0.2) is 15.0 Å². The van der Waals surface area contributed by atoms with Crippen molar-refractivity contribution in [3.63, 3.8) is 0 Å². The van der Waals surface area contributed by atoms with Gasteiger partial charge in [0.05, 0.1) is 0 Å². The first kappa shape index (κ1) is 16.4. The van der Waals surface area contributed by atoms with Crippen LogP contribution < -0.4 is 0 Å². The molecule has 4 rings (SSSR count). The van der Waals surface area contributed by atoms with Gasteiger partial charge in [0.25, 0.3) is 0 Å². The quantitative estimate of drug-likeness (QED) is 0.627. The Balaban J connectivity index is 1.90. The zero-order valence-corrected chi connectivity index (χ0v) is 15.1. The molecule has 0 unspecified atom stereocenters. The summed E-state index contributed by atoms with van der Waals surface area (Å²) in [5, 5.41) is 0. The number of rotatable bonds is 3. The fourth-order valence-corrected chi connectivity index (χ4v) is 3.23. The Morgan fingerprint density at radius 1 is 0.692 bits per heavy atom. The minimum atomic E-state index is 0.713.